The van der Waals surface area contributed by atoms with Crippen molar-refractivity contribution in [3.05, 3.63) is 70.9 Å². The number of alkyl halides is 2. The number of likely N-dealkylation sites (N-methyl/N-ethyl adjacent to an activating group) is 1. The summed E-state index contributed by atoms with van der Waals surface area (Å²) < 4.78 is 28.2. The van der Waals surface area contributed by atoms with Crippen LogP contribution in [0.4, 0.5) is 14.5 Å². The number of aromatic nitrogens is 2. The smallest absolute Gasteiger partial charge is 0.273 e. The lowest BCUT2D eigenvalue weighted by atomic mass is 9.98. The van der Waals surface area contributed by atoms with Gasteiger partial charge in [-0.2, -0.15) is 10.2 Å². The lowest BCUT2D eigenvalue weighted by Gasteiger charge is -2.22. The molecule has 0 saturated heterocycles. The molecule has 1 aliphatic heterocycles. The van der Waals surface area contributed by atoms with E-state index in [1.165, 1.54) is 11.1 Å². The second kappa shape index (κ2) is 7.43. The van der Waals surface area contributed by atoms with E-state index in [9.17, 15) is 8.78 Å². The fraction of sp³-hybridized carbons (Fsp3) is 0.333. The van der Waals surface area contributed by atoms with Crippen molar-refractivity contribution in [2.75, 3.05) is 25.5 Å². The summed E-state index contributed by atoms with van der Waals surface area (Å²) in [4.78, 5) is 2.30. The van der Waals surface area contributed by atoms with Gasteiger partial charge in [0.1, 0.15) is 0 Å². The summed E-state index contributed by atoms with van der Waals surface area (Å²) in [5.74, 6) is -2.72. The third-order valence-corrected chi connectivity index (χ3v) is 6.25. The quantitative estimate of drug-likeness (QED) is 0.662. The van der Waals surface area contributed by atoms with Gasteiger partial charge < -0.3 is 10.2 Å². The summed E-state index contributed by atoms with van der Waals surface area (Å²) in [6.07, 6.45) is 5.33. The molecule has 0 bridgehead atoms. The van der Waals surface area contributed by atoms with Crippen molar-refractivity contribution in [2.24, 2.45) is 0 Å². The van der Waals surface area contributed by atoms with Crippen molar-refractivity contribution in [2.45, 2.75) is 31.7 Å². The molecule has 6 heteroatoms. The normalized spacial score (nSPS) is 18.3. The maximum absolute atomic E-state index is 14.1. The molecule has 1 N–H and O–H groups in total. The molecule has 2 aliphatic rings. The molecule has 2 aromatic carbocycles. The molecule has 2 heterocycles. The molecule has 0 fully saturated rings. The highest BCUT2D eigenvalue weighted by atomic mass is 19.3. The van der Waals surface area contributed by atoms with E-state index in [1.54, 1.807) is 18.3 Å². The summed E-state index contributed by atoms with van der Waals surface area (Å²) in [5, 5.41) is 12.8. The van der Waals surface area contributed by atoms with Gasteiger partial charge in [-0.25, -0.2) is 8.78 Å². The summed E-state index contributed by atoms with van der Waals surface area (Å²) in [6, 6.07) is 11.5. The summed E-state index contributed by atoms with van der Waals surface area (Å²) >= 11 is 0. The lowest BCUT2D eigenvalue weighted by molar-refractivity contribution is -0.00184. The Morgan fingerprint density at radius 3 is 2.90 bits per heavy atom. The average molecular weight is 406 g/mol. The van der Waals surface area contributed by atoms with E-state index in [1.807, 2.05) is 12.1 Å². The second-order valence-corrected chi connectivity index (χ2v) is 8.23. The van der Waals surface area contributed by atoms with E-state index >= 15 is 0 Å². The van der Waals surface area contributed by atoms with E-state index in [4.69, 9.17) is 0 Å². The number of nitrogens with zero attached hydrogens (tertiary/aromatic N) is 3. The van der Waals surface area contributed by atoms with Gasteiger partial charge in [-0.1, -0.05) is 30.3 Å². The number of rotatable bonds is 4. The zero-order valence-corrected chi connectivity index (χ0v) is 17.0. The van der Waals surface area contributed by atoms with Gasteiger partial charge in [0.15, 0.2) is 0 Å². The van der Waals surface area contributed by atoms with Crippen molar-refractivity contribution in [3.8, 4) is 0 Å². The number of hydrogen-bond acceptors (Lipinski definition) is 4. The Morgan fingerprint density at radius 2 is 2.07 bits per heavy atom. The molecule has 0 amide bonds. The Hall–Kier alpha value is -2.86. The Kier molecular flexibility index (Phi) is 4.74. The first kappa shape index (κ1) is 19.1. The van der Waals surface area contributed by atoms with Gasteiger partial charge in [-0.3, -0.25) is 0 Å². The van der Waals surface area contributed by atoms with E-state index < -0.39 is 5.92 Å². The maximum atomic E-state index is 14.1. The minimum atomic E-state index is -2.72. The maximum Gasteiger partial charge on any atom is 0.273 e. The van der Waals surface area contributed by atoms with Crippen LogP contribution < -0.4 is 5.32 Å². The highest BCUT2D eigenvalue weighted by molar-refractivity contribution is 5.93. The average Bonchev–Trinajstić information content (AvgIpc) is 3.08. The fourth-order valence-electron chi connectivity index (χ4n) is 4.48. The zero-order valence-electron chi connectivity index (χ0n) is 17.0. The van der Waals surface area contributed by atoms with Crippen LogP contribution in [0.25, 0.3) is 16.5 Å². The summed E-state index contributed by atoms with van der Waals surface area (Å²) in [7, 11) is 2.13. The molecule has 30 heavy (non-hydrogen) atoms. The van der Waals surface area contributed by atoms with Crippen molar-refractivity contribution < 1.29 is 8.78 Å². The Balaban J connectivity index is 1.44. The molecule has 154 valence electrons. The van der Waals surface area contributed by atoms with Crippen LogP contribution in [0, 0.1) is 0 Å². The van der Waals surface area contributed by atoms with Gasteiger partial charge in [0.2, 0.25) is 0 Å². The van der Waals surface area contributed by atoms with Crippen LogP contribution in [-0.4, -0.2) is 35.2 Å². The first-order chi connectivity index (χ1) is 14.5. The van der Waals surface area contributed by atoms with Crippen LogP contribution in [0.15, 0.2) is 48.7 Å². The second-order valence-electron chi connectivity index (χ2n) is 8.23. The minimum Gasteiger partial charge on any atom is -0.379 e. The molecule has 0 radical (unpaired) electrons. The van der Waals surface area contributed by atoms with Gasteiger partial charge in [0.25, 0.3) is 5.92 Å². The third kappa shape index (κ3) is 3.45. The van der Waals surface area contributed by atoms with E-state index in [-0.39, 0.29) is 12.0 Å². The Morgan fingerprint density at radius 1 is 1.17 bits per heavy atom. The van der Waals surface area contributed by atoms with Crippen molar-refractivity contribution >= 4 is 22.2 Å². The monoisotopic (exact) mass is 406 g/mol. The highest BCUT2D eigenvalue weighted by Gasteiger charge is 2.39. The van der Waals surface area contributed by atoms with Gasteiger partial charge in [-0.05, 0) is 54.3 Å². The molecule has 3 aromatic rings. The Labute approximate surface area is 174 Å². The third-order valence-electron chi connectivity index (χ3n) is 6.25. The van der Waals surface area contributed by atoms with Crippen molar-refractivity contribution in [3.63, 3.8) is 0 Å². The van der Waals surface area contributed by atoms with Gasteiger partial charge in [-0.15, -0.1) is 0 Å². The van der Waals surface area contributed by atoms with Crippen LogP contribution in [0.5, 0.6) is 0 Å². The molecule has 1 aromatic heterocycles. The molecular weight excluding hydrogens is 382 g/mol. The highest BCUT2D eigenvalue weighted by Crippen LogP contribution is 2.42. The molecule has 0 spiro atoms. The lowest BCUT2D eigenvalue weighted by Crippen LogP contribution is -2.23. The van der Waals surface area contributed by atoms with Crippen LogP contribution in [-0.2, 0) is 18.9 Å². The van der Waals surface area contributed by atoms with E-state index in [0.717, 1.165) is 47.2 Å². The predicted octanol–water partition coefficient (Wildman–Crippen LogP) is 5.00. The summed E-state index contributed by atoms with van der Waals surface area (Å²) in [6.45, 7) is 2.49. The fourth-order valence-corrected chi connectivity index (χ4v) is 4.48. The van der Waals surface area contributed by atoms with Crippen LogP contribution >= 0.6 is 0 Å². The van der Waals surface area contributed by atoms with E-state index in [0.29, 0.717) is 13.0 Å². The van der Waals surface area contributed by atoms with E-state index in [2.05, 4.69) is 45.7 Å². The van der Waals surface area contributed by atoms with Crippen LogP contribution in [0.2, 0.25) is 0 Å². The summed E-state index contributed by atoms with van der Waals surface area (Å²) in [5.41, 5.74) is 6.12. The van der Waals surface area contributed by atoms with Crippen molar-refractivity contribution in [1.29, 1.82) is 0 Å². The SMILES string of the molecule is CN1CC=C(c2ccc3nncc(NCc4cccc5c4CCC5(F)F)c3c2)CC1. The standard InChI is InChI=1S/C24H24F2N4/c1-30-11-8-16(9-12-30)17-5-6-22-20(13-17)23(15-28-29-22)27-14-18-3-2-4-21-19(18)7-10-24(21,25)26/h2-6,8,13,15H,7,9-12,14H2,1H3,(H,27,29). The number of benzene rings is 2. The predicted molar refractivity (Wildman–Crippen MR) is 116 cm³/mol. The molecule has 4 nitrogen and oxygen atoms in total. The van der Waals surface area contributed by atoms with Gasteiger partial charge in [0, 0.05) is 37.0 Å². The van der Waals surface area contributed by atoms with Crippen LogP contribution in [0.3, 0.4) is 0 Å². The molecule has 0 atom stereocenters. The first-order valence-corrected chi connectivity index (χ1v) is 10.4. The molecule has 1 aliphatic carbocycles. The van der Waals surface area contributed by atoms with Crippen molar-refractivity contribution in [1.82, 2.24) is 15.1 Å². The zero-order chi connectivity index (χ0) is 20.7. The Bertz CT molecular complexity index is 1140. The first-order valence-electron chi connectivity index (χ1n) is 10.4. The number of nitrogens with one attached hydrogen (secondary N) is 1. The number of fused-ring (bicyclic) bond motifs is 2. The topological polar surface area (TPSA) is 41.1 Å². The van der Waals surface area contributed by atoms with Gasteiger partial charge in [0.05, 0.1) is 17.4 Å². The van der Waals surface area contributed by atoms with Gasteiger partial charge >= 0.3 is 0 Å². The molecule has 0 unspecified atom stereocenters. The molecule has 5 rings (SSSR count). The number of hydrogen-bond donors (Lipinski definition) is 1. The molecule has 0 saturated carbocycles. The largest absolute Gasteiger partial charge is 0.379 e. The minimum absolute atomic E-state index is 0.104. The molecular formula is C24H24F2N4. The number of halogens is 2. The van der Waals surface area contributed by atoms with Crippen LogP contribution in [0.1, 0.15) is 35.1 Å². The number of anilines is 1.